The second-order valence-corrected chi connectivity index (χ2v) is 15.7. The monoisotopic (exact) mass is 388 g/mol. The average molecular weight is 389 g/mol. The summed E-state index contributed by atoms with van der Waals surface area (Å²) in [4.78, 5) is 0. The van der Waals surface area contributed by atoms with Crippen LogP contribution in [0.4, 0.5) is 13.2 Å². The van der Waals surface area contributed by atoms with Crippen LogP contribution in [0.5, 0.6) is 0 Å². The van der Waals surface area contributed by atoms with Crippen molar-refractivity contribution in [3.05, 3.63) is 0 Å². The Balaban J connectivity index is 3.46. The van der Waals surface area contributed by atoms with Gasteiger partial charge in [-0.2, -0.15) is 8.42 Å². The molecule has 4 unspecified atom stereocenters. The van der Waals surface area contributed by atoms with Gasteiger partial charge in [-0.25, -0.2) is 13.2 Å². The summed E-state index contributed by atoms with van der Waals surface area (Å²) >= 11 is 0. The molecule has 0 saturated heterocycles. The molecule has 0 bridgehead atoms. The Labute approximate surface area is 145 Å². The van der Waals surface area contributed by atoms with Crippen LogP contribution in [0.25, 0.3) is 0 Å². The Morgan fingerprint density at radius 1 is 1.21 bits per heavy atom. The summed E-state index contributed by atoms with van der Waals surface area (Å²) in [5.74, 6) is -1.73. The number of alkyl halides is 3. The lowest BCUT2D eigenvalue weighted by atomic mass is 9.72. The van der Waals surface area contributed by atoms with Gasteiger partial charge in [0.15, 0.2) is 5.67 Å². The standard InChI is InChI=1S/C16H31F3O3SSi/c1-11(2)16(19)13(17)9-12(3)10-15(16,18)23(20,21)22-24(7,8)14(4,5)6/h11-13H,9-10H2,1-8H3. The summed E-state index contributed by atoms with van der Waals surface area (Å²) in [6.07, 6.45) is -2.99. The summed E-state index contributed by atoms with van der Waals surface area (Å²) in [7, 11) is -7.89. The van der Waals surface area contributed by atoms with Gasteiger partial charge in [0.25, 0.3) is 15.1 Å². The molecular formula is C16H31F3O3SSi. The van der Waals surface area contributed by atoms with E-state index in [4.69, 9.17) is 3.87 Å². The van der Waals surface area contributed by atoms with Crippen molar-refractivity contribution >= 4 is 18.4 Å². The Morgan fingerprint density at radius 2 is 1.67 bits per heavy atom. The number of halogens is 3. The quantitative estimate of drug-likeness (QED) is 0.627. The SMILES string of the molecule is CC1CC(F)C(F)(C(C)C)C(F)(S(=O)(=O)O[Si](C)(C)C(C)(C)C)C1. The highest BCUT2D eigenvalue weighted by molar-refractivity contribution is 7.89. The lowest BCUT2D eigenvalue weighted by Gasteiger charge is -2.49. The summed E-state index contributed by atoms with van der Waals surface area (Å²) in [5.41, 5.74) is -3.12. The minimum absolute atomic E-state index is 0.198. The molecule has 0 spiro atoms. The van der Waals surface area contributed by atoms with Crippen molar-refractivity contribution in [2.45, 2.75) is 89.4 Å². The van der Waals surface area contributed by atoms with Gasteiger partial charge < -0.3 is 3.87 Å². The fraction of sp³-hybridized carbons (Fsp3) is 1.00. The Morgan fingerprint density at radius 3 is 2.04 bits per heavy atom. The topological polar surface area (TPSA) is 43.4 Å². The predicted octanol–water partition coefficient (Wildman–Crippen LogP) is 5.14. The van der Waals surface area contributed by atoms with Crippen LogP contribution in [0, 0.1) is 11.8 Å². The molecular weight excluding hydrogens is 357 g/mol. The molecule has 0 heterocycles. The molecule has 0 aromatic rings. The van der Waals surface area contributed by atoms with Crippen molar-refractivity contribution in [3.63, 3.8) is 0 Å². The Kier molecular flexibility index (Phi) is 5.73. The van der Waals surface area contributed by atoms with Crippen molar-refractivity contribution in [3.8, 4) is 0 Å². The molecule has 24 heavy (non-hydrogen) atoms. The molecule has 1 rings (SSSR count). The van der Waals surface area contributed by atoms with E-state index >= 15 is 8.78 Å². The highest BCUT2D eigenvalue weighted by Gasteiger charge is 2.71. The van der Waals surface area contributed by atoms with E-state index in [-0.39, 0.29) is 6.42 Å². The zero-order valence-electron chi connectivity index (χ0n) is 15.9. The van der Waals surface area contributed by atoms with E-state index < -0.39 is 58.6 Å². The maximum atomic E-state index is 15.8. The van der Waals surface area contributed by atoms with Crippen LogP contribution in [0.2, 0.25) is 18.1 Å². The normalized spacial score (nSPS) is 36.2. The molecule has 1 fully saturated rings. The maximum absolute atomic E-state index is 15.8. The summed E-state index contributed by atoms with van der Waals surface area (Å²) in [6, 6.07) is 0. The first kappa shape index (κ1) is 22.0. The zero-order chi connectivity index (χ0) is 19.4. The van der Waals surface area contributed by atoms with Gasteiger partial charge in [-0.3, -0.25) is 0 Å². The molecule has 0 amide bonds. The third kappa shape index (κ3) is 3.30. The van der Waals surface area contributed by atoms with E-state index in [1.165, 1.54) is 20.8 Å². The molecule has 1 saturated carbocycles. The molecule has 0 aromatic heterocycles. The molecule has 3 nitrogen and oxygen atoms in total. The van der Waals surface area contributed by atoms with Gasteiger partial charge in [-0.05, 0) is 36.4 Å². The molecule has 0 radical (unpaired) electrons. The summed E-state index contributed by atoms with van der Waals surface area (Å²) < 4.78 is 76.7. The van der Waals surface area contributed by atoms with E-state index in [1.54, 1.807) is 33.9 Å². The van der Waals surface area contributed by atoms with Gasteiger partial charge in [0, 0.05) is 6.42 Å². The first-order chi connectivity index (χ1) is 10.4. The van der Waals surface area contributed by atoms with E-state index in [1.807, 2.05) is 0 Å². The molecule has 0 aliphatic heterocycles. The summed E-state index contributed by atoms with van der Waals surface area (Å²) in [6.45, 7) is 12.8. The number of rotatable bonds is 4. The molecule has 1 aliphatic rings. The number of hydrogen-bond donors (Lipinski definition) is 0. The van der Waals surface area contributed by atoms with E-state index in [0.29, 0.717) is 0 Å². The third-order valence-electron chi connectivity index (χ3n) is 5.61. The molecule has 1 aliphatic carbocycles. The molecule has 8 heteroatoms. The molecule has 144 valence electrons. The highest BCUT2D eigenvalue weighted by Crippen LogP contribution is 2.55. The van der Waals surface area contributed by atoms with Crippen LogP contribution in [0.15, 0.2) is 0 Å². The second kappa shape index (κ2) is 6.27. The molecule has 0 aromatic carbocycles. The zero-order valence-corrected chi connectivity index (χ0v) is 17.7. The minimum Gasteiger partial charge on any atom is -0.312 e. The smallest absolute Gasteiger partial charge is 0.296 e. The van der Waals surface area contributed by atoms with Crippen LogP contribution in [0.3, 0.4) is 0 Å². The Bertz CT molecular complexity index is 574. The van der Waals surface area contributed by atoms with E-state index in [2.05, 4.69) is 0 Å². The number of hydrogen-bond acceptors (Lipinski definition) is 3. The largest absolute Gasteiger partial charge is 0.312 e. The van der Waals surface area contributed by atoms with Crippen molar-refractivity contribution in [1.82, 2.24) is 0 Å². The van der Waals surface area contributed by atoms with Gasteiger partial charge in [0.1, 0.15) is 6.17 Å². The van der Waals surface area contributed by atoms with E-state index in [9.17, 15) is 12.8 Å². The summed E-state index contributed by atoms with van der Waals surface area (Å²) in [5, 5.41) is -3.90. The van der Waals surface area contributed by atoms with Gasteiger partial charge in [-0.15, -0.1) is 0 Å². The molecule has 0 N–H and O–H groups in total. The maximum Gasteiger partial charge on any atom is 0.296 e. The van der Waals surface area contributed by atoms with Gasteiger partial charge in [0.2, 0.25) is 8.32 Å². The van der Waals surface area contributed by atoms with Crippen LogP contribution >= 0.6 is 0 Å². The van der Waals surface area contributed by atoms with Crippen molar-refractivity contribution in [2.75, 3.05) is 0 Å². The molecule has 4 atom stereocenters. The lowest BCUT2D eigenvalue weighted by molar-refractivity contribution is -0.119. The van der Waals surface area contributed by atoms with Crippen molar-refractivity contribution < 1.29 is 25.5 Å². The fourth-order valence-electron chi connectivity index (χ4n) is 3.00. The fourth-order valence-corrected chi connectivity index (χ4v) is 7.96. The van der Waals surface area contributed by atoms with Crippen molar-refractivity contribution in [1.29, 1.82) is 0 Å². The first-order valence-corrected chi connectivity index (χ1v) is 12.7. The van der Waals surface area contributed by atoms with E-state index in [0.717, 1.165) is 0 Å². The lowest BCUT2D eigenvalue weighted by Crippen LogP contribution is -2.66. The van der Waals surface area contributed by atoms with Gasteiger partial charge in [-0.1, -0.05) is 41.5 Å². The average Bonchev–Trinajstić information content (AvgIpc) is 2.32. The highest BCUT2D eigenvalue weighted by atomic mass is 32.2. The third-order valence-corrected chi connectivity index (χ3v) is 13.0. The van der Waals surface area contributed by atoms with Crippen LogP contribution < -0.4 is 0 Å². The van der Waals surface area contributed by atoms with Gasteiger partial charge >= 0.3 is 0 Å². The predicted molar refractivity (Wildman–Crippen MR) is 93.0 cm³/mol. The minimum atomic E-state index is -4.96. The van der Waals surface area contributed by atoms with Crippen molar-refractivity contribution in [2.24, 2.45) is 11.8 Å². The van der Waals surface area contributed by atoms with Gasteiger partial charge in [0.05, 0.1) is 0 Å². The van der Waals surface area contributed by atoms with Crippen LogP contribution in [-0.2, 0) is 14.0 Å². The Hall–Kier alpha value is -0.0831. The van der Waals surface area contributed by atoms with Crippen LogP contribution in [-0.4, -0.2) is 33.6 Å². The first-order valence-electron chi connectivity index (χ1n) is 8.39. The second-order valence-electron chi connectivity index (χ2n) is 8.96. The van der Waals surface area contributed by atoms with Crippen LogP contribution in [0.1, 0.15) is 54.4 Å².